The van der Waals surface area contributed by atoms with Crippen LogP contribution in [0.3, 0.4) is 0 Å². The maximum Gasteiger partial charge on any atom is 0.0710 e. The molecule has 0 aromatic rings. The summed E-state index contributed by atoms with van der Waals surface area (Å²) >= 11 is 0. The Morgan fingerprint density at radius 3 is 2.06 bits per heavy atom. The molecule has 4 saturated carbocycles. The van der Waals surface area contributed by atoms with E-state index in [1.54, 1.807) is 0 Å². The summed E-state index contributed by atoms with van der Waals surface area (Å²) in [6.07, 6.45) is 9.91. The van der Waals surface area contributed by atoms with Crippen LogP contribution in [0.5, 0.6) is 0 Å². The second kappa shape index (κ2) is 4.01. The highest BCUT2D eigenvalue weighted by atomic mass is 16.5. The molecule has 0 spiro atoms. The smallest absolute Gasteiger partial charge is 0.0710 e. The fraction of sp³-hybridized carbons (Fsp3) is 1.00. The SMILES string of the molecule is CCCCOC1(C)C2CC3CC(C2)CC1C3. The van der Waals surface area contributed by atoms with Gasteiger partial charge in [0.15, 0.2) is 0 Å². The zero-order chi connectivity index (χ0) is 11.2. The predicted molar refractivity (Wildman–Crippen MR) is 66.3 cm³/mol. The molecule has 92 valence electrons. The topological polar surface area (TPSA) is 9.23 Å². The van der Waals surface area contributed by atoms with Crippen molar-refractivity contribution in [2.45, 2.75) is 64.4 Å². The summed E-state index contributed by atoms with van der Waals surface area (Å²) in [6.45, 7) is 5.67. The van der Waals surface area contributed by atoms with E-state index in [0.29, 0.717) is 0 Å². The Kier molecular flexibility index (Phi) is 2.78. The lowest BCUT2D eigenvalue weighted by Crippen LogP contribution is -2.57. The van der Waals surface area contributed by atoms with E-state index >= 15 is 0 Å². The van der Waals surface area contributed by atoms with Crippen molar-refractivity contribution in [2.75, 3.05) is 6.61 Å². The predicted octanol–water partition coefficient (Wildman–Crippen LogP) is 4.02. The Balaban J connectivity index is 1.70. The lowest BCUT2D eigenvalue weighted by Gasteiger charge is -2.59. The van der Waals surface area contributed by atoms with E-state index in [1.807, 2.05) is 0 Å². The first-order valence-corrected chi connectivity index (χ1v) is 7.36. The number of rotatable bonds is 4. The molecule has 0 unspecified atom stereocenters. The van der Waals surface area contributed by atoms with Gasteiger partial charge in [0.1, 0.15) is 0 Å². The van der Waals surface area contributed by atoms with Crippen molar-refractivity contribution >= 4 is 0 Å². The van der Waals surface area contributed by atoms with E-state index in [1.165, 1.54) is 44.9 Å². The molecule has 0 amide bonds. The minimum absolute atomic E-state index is 0.253. The van der Waals surface area contributed by atoms with Gasteiger partial charge in [-0.15, -0.1) is 0 Å². The maximum absolute atomic E-state index is 6.35. The van der Waals surface area contributed by atoms with Gasteiger partial charge in [-0.3, -0.25) is 0 Å². The average molecular weight is 222 g/mol. The minimum Gasteiger partial charge on any atom is -0.375 e. The molecule has 0 aliphatic heterocycles. The van der Waals surface area contributed by atoms with Crippen LogP contribution in [0.4, 0.5) is 0 Å². The van der Waals surface area contributed by atoms with Gasteiger partial charge < -0.3 is 4.74 Å². The van der Waals surface area contributed by atoms with Crippen LogP contribution in [-0.4, -0.2) is 12.2 Å². The van der Waals surface area contributed by atoms with Gasteiger partial charge in [0.25, 0.3) is 0 Å². The van der Waals surface area contributed by atoms with Crippen molar-refractivity contribution in [1.82, 2.24) is 0 Å². The van der Waals surface area contributed by atoms with E-state index in [4.69, 9.17) is 4.74 Å². The summed E-state index contributed by atoms with van der Waals surface area (Å²) in [5, 5.41) is 0. The van der Waals surface area contributed by atoms with Gasteiger partial charge in [0, 0.05) is 6.61 Å². The monoisotopic (exact) mass is 222 g/mol. The summed E-state index contributed by atoms with van der Waals surface area (Å²) in [5.41, 5.74) is 0.253. The van der Waals surface area contributed by atoms with Gasteiger partial charge >= 0.3 is 0 Å². The van der Waals surface area contributed by atoms with Crippen LogP contribution in [0.25, 0.3) is 0 Å². The summed E-state index contributed by atoms with van der Waals surface area (Å²) in [5.74, 6) is 3.90. The zero-order valence-electron chi connectivity index (χ0n) is 10.9. The van der Waals surface area contributed by atoms with Crippen molar-refractivity contribution in [2.24, 2.45) is 23.7 Å². The van der Waals surface area contributed by atoms with Crippen LogP contribution >= 0.6 is 0 Å². The molecule has 0 aromatic heterocycles. The van der Waals surface area contributed by atoms with Crippen molar-refractivity contribution < 1.29 is 4.74 Å². The molecule has 4 fully saturated rings. The van der Waals surface area contributed by atoms with E-state index in [2.05, 4.69) is 13.8 Å². The van der Waals surface area contributed by atoms with Gasteiger partial charge in [-0.1, -0.05) is 13.3 Å². The Hall–Kier alpha value is -0.0400. The molecule has 0 N–H and O–H groups in total. The molecule has 4 rings (SSSR count). The van der Waals surface area contributed by atoms with Crippen molar-refractivity contribution in [3.8, 4) is 0 Å². The van der Waals surface area contributed by atoms with Crippen molar-refractivity contribution in [3.05, 3.63) is 0 Å². The first kappa shape index (κ1) is 11.1. The van der Waals surface area contributed by atoms with Crippen molar-refractivity contribution in [3.63, 3.8) is 0 Å². The Labute approximate surface area is 99.9 Å². The molecule has 1 nitrogen and oxygen atoms in total. The third-order valence-electron chi connectivity index (χ3n) is 5.67. The first-order chi connectivity index (χ1) is 7.72. The summed E-state index contributed by atoms with van der Waals surface area (Å²) in [7, 11) is 0. The van der Waals surface area contributed by atoms with Gasteiger partial charge in [-0.2, -0.15) is 0 Å². The summed E-state index contributed by atoms with van der Waals surface area (Å²) in [4.78, 5) is 0. The molecule has 4 bridgehead atoms. The van der Waals surface area contributed by atoms with Gasteiger partial charge in [-0.25, -0.2) is 0 Å². The number of unbranched alkanes of at least 4 members (excludes halogenated alkanes) is 1. The van der Waals surface area contributed by atoms with Crippen LogP contribution in [0, 0.1) is 23.7 Å². The Bertz CT molecular complexity index is 230. The number of hydrogen-bond donors (Lipinski definition) is 0. The second-order valence-electron chi connectivity index (χ2n) is 6.69. The normalized spacial score (nSPS) is 49.9. The van der Waals surface area contributed by atoms with Gasteiger partial charge in [0.05, 0.1) is 5.60 Å². The molecule has 4 aliphatic carbocycles. The Morgan fingerprint density at radius 2 is 1.56 bits per heavy atom. The van der Waals surface area contributed by atoms with Gasteiger partial charge in [0.2, 0.25) is 0 Å². The maximum atomic E-state index is 6.35. The fourth-order valence-electron chi connectivity index (χ4n) is 4.79. The zero-order valence-corrected chi connectivity index (χ0v) is 10.9. The third-order valence-corrected chi connectivity index (χ3v) is 5.67. The lowest BCUT2D eigenvalue weighted by atomic mass is 9.50. The largest absolute Gasteiger partial charge is 0.375 e. The first-order valence-electron chi connectivity index (χ1n) is 7.36. The van der Waals surface area contributed by atoms with E-state index in [-0.39, 0.29) is 5.60 Å². The third kappa shape index (κ3) is 1.63. The molecule has 16 heavy (non-hydrogen) atoms. The molecular weight excluding hydrogens is 196 g/mol. The molecule has 0 radical (unpaired) electrons. The molecule has 0 atom stereocenters. The summed E-state index contributed by atoms with van der Waals surface area (Å²) < 4.78 is 6.35. The lowest BCUT2D eigenvalue weighted by molar-refractivity contribution is -0.194. The highest BCUT2D eigenvalue weighted by Crippen LogP contribution is 2.59. The number of hydrogen-bond acceptors (Lipinski definition) is 1. The fourth-order valence-corrected chi connectivity index (χ4v) is 4.79. The Morgan fingerprint density at radius 1 is 1.00 bits per heavy atom. The molecule has 0 saturated heterocycles. The van der Waals surface area contributed by atoms with E-state index < -0.39 is 0 Å². The van der Waals surface area contributed by atoms with Crippen LogP contribution < -0.4 is 0 Å². The molecule has 4 aliphatic rings. The minimum atomic E-state index is 0.253. The van der Waals surface area contributed by atoms with E-state index in [9.17, 15) is 0 Å². The molecule has 0 aromatic carbocycles. The van der Waals surface area contributed by atoms with E-state index in [0.717, 1.165) is 30.3 Å². The average Bonchev–Trinajstić information content (AvgIpc) is 2.25. The highest BCUT2D eigenvalue weighted by Gasteiger charge is 2.55. The molecule has 1 heteroatoms. The van der Waals surface area contributed by atoms with Crippen LogP contribution in [0.15, 0.2) is 0 Å². The standard InChI is InChI=1S/C15H26O/c1-3-4-5-16-15(2)13-7-11-6-12(9-13)10-14(15)8-11/h11-14H,3-10H2,1-2H3. The van der Waals surface area contributed by atoms with Gasteiger partial charge in [-0.05, 0) is 69.1 Å². The highest BCUT2D eigenvalue weighted by molar-refractivity contribution is 5.05. The summed E-state index contributed by atoms with van der Waals surface area (Å²) in [6, 6.07) is 0. The van der Waals surface area contributed by atoms with Crippen LogP contribution in [-0.2, 0) is 4.74 Å². The molecule has 0 heterocycles. The quantitative estimate of drug-likeness (QED) is 0.653. The second-order valence-corrected chi connectivity index (χ2v) is 6.69. The van der Waals surface area contributed by atoms with Crippen molar-refractivity contribution in [1.29, 1.82) is 0 Å². The molecular formula is C15H26O. The van der Waals surface area contributed by atoms with Crippen LogP contribution in [0.1, 0.15) is 58.8 Å². The van der Waals surface area contributed by atoms with Crippen LogP contribution in [0.2, 0.25) is 0 Å². The number of ether oxygens (including phenoxy) is 1.